The van der Waals surface area contributed by atoms with Gasteiger partial charge in [0.05, 0.1) is 18.4 Å². The summed E-state index contributed by atoms with van der Waals surface area (Å²) < 4.78 is 17.7. The van der Waals surface area contributed by atoms with Gasteiger partial charge in [-0.2, -0.15) is 0 Å². The summed E-state index contributed by atoms with van der Waals surface area (Å²) in [5.74, 6) is -1.30. The lowest BCUT2D eigenvalue weighted by molar-refractivity contribution is 0.0600. The van der Waals surface area contributed by atoms with Crippen molar-refractivity contribution in [1.29, 1.82) is 0 Å². The number of ether oxygens (including phenoxy) is 1. The third kappa shape index (κ3) is 2.28. The first-order valence-electron chi connectivity index (χ1n) is 4.41. The number of hydrogen-bond acceptors (Lipinski definition) is 3. The van der Waals surface area contributed by atoms with Crippen LogP contribution in [0.4, 0.5) is 14.9 Å². The highest BCUT2D eigenvalue weighted by atomic mass is 19.1. The standard InChI is InChI=1S/C10H11FN2O3/c1-5-6(11)3-4-7(13-10(12)15)8(5)9(14)16-2/h3-4H,1-2H3,(H3,12,13,15). The molecule has 0 spiro atoms. The van der Waals surface area contributed by atoms with Crippen LogP contribution >= 0.6 is 0 Å². The summed E-state index contributed by atoms with van der Waals surface area (Å²) in [6.45, 7) is 1.41. The van der Waals surface area contributed by atoms with Crippen LogP contribution in [0, 0.1) is 12.7 Å². The van der Waals surface area contributed by atoms with Gasteiger partial charge in [0.15, 0.2) is 0 Å². The van der Waals surface area contributed by atoms with Gasteiger partial charge in [0, 0.05) is 5.56 Å². The van der Waals surface area contributed by atoms with Crippen molar-refractivity contribution in [2.75, 3.05) is 12.4 Å². The molecular weight excluding hydrogens is 215 g/mol. The number of nitrogens with two attached hydrogens (primary N) is 1. The second kappa shape index (κ2) is 4.61. The predicted octanol–water partition coefficient (Wildman–Crippen LogP) is 1.41. The molecule has 1 rings (SSSR count). The molecule has 1 aromatic carbocycles. The van der Waals surface area contributed by atoms with Gasteiger partial charge in [0.2, 0.25) is 0 Å². The van der Waals surface area contributed by atoms with Crippen LogP contribution in [-0.4, -0.2) is 19.1 Å². The topological polar surface area (TPSA) is 81.4 Å². The zero-order chi connectivity index (χ0) is 12.3. The number of urea groups is 1. The first kappa shape index (κ1) is 12.0. The van der Waals surface area contributed by atoms with E-state index < -0.39 is 17.8 Å². The fraction of sp³-hybridized carbons (Fsp3) is 0.200. The van der Waals surface area contributed by atoms with E-state index in [9.17, 15) is 14.0 Å². The second-order valence-corrected chi connectivity index (χ2v) is 3.08. The third-order valence-corrected chi connectivity index (χ3v) is 2.05. The average molecular weight is 226 g/mol. The summed E-state index contributed by atoms with van der Waals surface area (Å²) in [7, 11) is 1.17. The Kier molecular flexibility index (Phi) is 3.44. The maximum absolute atomic E-state index is 13.2. The van der Waals surface area contributed by atoms with Crippen molar-refractivity contribution < 1.29 is 18.7 Å². The number of carbonyl (C=O) groups is 2. The molecule has 0 saturated heterocycles. The number of benzene rings is 1. The molecule has 86 valence electrons. The minimum Gasteiger partial charge on any atom is -0.465 e. The van der Waals surface area contributed by atoms with Gasteiger partial charge in [-0.05, 0) is 19.1 Å². The maximum atomic E-state index is 13.2. The van der Waals surface area contributed by atoms with Crippen molar-refractivity contribution in [3.05, 3.63) is 29.1 Å². The maximum Gasteiger partial charge on any atom is 0.340 e. The number of primary amides is 1. The molecule has 0 saturated carbocycles. The Labute approximate surface area is 91.4 Å². The van der Waals surface area contributed by atoms with Crippen LogP contribution in [0.2, 0.25) is 0 Å². The number of rotatable bonds is 2. The number of hydrogen-bond donors (Lipinski definition) is 2. The van der Waals surface area contributed by atoms with Gasteiger partial charge in [0.1, 0.15) is 5.82 Å². The van der Waals surface area contributed by atoms with E-state index in [4.69, 9.17) is 5.73 Å². The van der Waals surface area contributed by atoms with E-state index >= 15 is 0 Å². The fourth-order valence-corrected chi connectivity index (χ4v) is 1.29. The van der Waals surface area contributed by atoms with Gasteiger partial charge in [0.25, 0.3) is 0 Å². The summed E-state index contributed by atoms with van der Waals surface area (Å²) in [6, 6.07) is 1.54. The lowest BCUT2D eigenvalue weighted by atomic mass is 10.1. The van der Waals surface area contributed by atoms with Gasteiger partial charge in [-0.15, -0.1) is 0 Å². The van der Waals surface area contributed by atoms with E-state index in [1.165, 1.54) is 20.1 Å². The molecule has 1 aromatic rings. The van der Waals surface area contributed by atoms with E-state index in [0.29, 0.717) is 0 Å². The van der Waals surface area contributed by atoms with Crippen molar-refractivity contribution in [2.24, 2.45) is 5.73 Å². The van der Waals surface area contributed by atoms with E-state index in [0.717, 1.165) is 6.07 Å². The SMILES string of the molecule is COC(=O)c1c(NC(N)=O)ccc(F)c1C. The van der Waals surface area contributed by atoms with Crippen LogP contribution in [0.3, 0.4) is 0 Å². The number of anilines is 1. The largest absolute Gasteiger partial charge is 0.465 e. The van der Waals surface area contributed by atoms with Crippen LogP contribution < -0.4 is 11.1 Å². The Morgan fingerprint density at radius 1 is 1.44 bits per heavy atom. The summed E-state index contributed by atoms with van der Waals surface area (Å²) in [6.07, 6.45) is 0. The predicted molar refractivity (Wildman–Crippen MR) is 55.7 cm³/mol. The molecular formula is C10H11FN2O3. The average Bonchev–Trinajstić information content (AvgIpc) is 2.22. The number of halogens is 1. The van der Waals surface area contributed by atoms with Crippen LogP contribution in [0.15, 0.2) is 12.1 Å². The van der Waals surface area contributed by atoms with Crippen molar-refractivity contribution in [1.82, 2.24) is 0 Å². The van der Waals surface area contributed by atoms with Crippen LogP contribution in [0.5, 0.6) is 0 Å². The van der Waals surface area contributed by atoms with Crippen LogP contribution in [0.25, 0.3) is 0 Å². The first-order chi connectivity index (χ1) is 7.47. The summed E-state index contributed by atoms with van der Waals surface area (Å²) in [4.78, 5) is 22.1. The molecule has 5 nitrogen and oxygen atoms in total. The van der Waals surface area contributed by atoms with Crippen molar-refractivity contribution in [3.63, 3.8) is 0 Å². The third-order valence-electron chi connectivity index (χ3n) is 2.05. The van der Waals surface area contributed by atoms with Crippen LogP contribution in [0.1, 0.15) is 15.9 Å². The Hall–Kier alpha value is -2.11. The van der Waals surface area contributed by atoms with Gasteiger partial charge in [-0.25, -0.2) is 14.0 Å². The molecule has 0 atom stereocenters. The Morgan fingerprint density at radius 2 is 2.06 bits per heavy atom. The molecule has 0 aliphatic carbocycles. The minimum atomic E-state index is -0.837. The molecule has 0 bridgehead atoms. The van der Waals surface area contributed by atoms with E-state index in [-0.39, 0.29) is 16.8 Å². The summed E-state index contributed by atoms with van der Waals surface area (Å²) in [5, 5.41) is 2.23. The van der Waals surface area contributed by atoms with Crippen molar-refractivity contribution in [3.8, 4) is 0 Å². The van der Waals surface area contributed by atoms with Gasteiger partial charge in [-0.1, -0.05) is 0 Å². The van der Waals surface area contributed by atoms with Gasteiger partial charge in [-0.3, -0.25) is 0 Å². The number of carbonyl (C=O) groups excluding carboxylic acids is 2. The van der Waals surface area contributed by atoms with Gasteiger partial charge < -0.3 is 15.8 Å². The molecule has 0 unspecified atom stereocenters. The lowest BCUT2D eigenvalue weighted by Crippen LogP contribution is -2.22. The van der Waals surface area contributed by atoms with Crippen molar-refractivity contribution >= 4 is 17.7 Å². The van der Waals surface area contributed by atoms with Crippen LogP contribution in [-0.2, 0) is 4.74 Å². The highest BCUT2D eigenvalue weighted by Crippen LogP contribution is 2.22. The number of amides is 2. The summed E-state index contributed by atoms with van der Waals surface area (Å²) >= 11 is 0. The van der Waals surface area contributed by atoms with E-state index in [2.05, 4.69) is 10.1 Å². The molecule has 3 N–H and O–H groups in total. The monoisotopic (exact) mass is 226 g/mol. The highest BCUT2D eigenvalue weighted by molar-refractivity contribution is 6.01. The Morgan fingerprint density at radius 3 is 2.56 bits per heavy atom. The zero-order valence-corrected chi connectivity index (χ0v) is 8.83. The molecule has 6 heteroatoms. The normalized spacial score (nSPS) is 9.69. The lowest BCUT2D eigenvalue weighted by Gasteiger charge is -2.11. The number of nitrogens with one attached hydrogen (secondary N) is 1. The molecule has 2 amide bonds. The van der Waals surface area contributed by atoms with Crippen molar-refractivity contribution in [2.45, 2.75) is 6.92 Å². The molecule has 0 heterocycles. The molecule has 0 radical (unpaired) electrons. The smallest absolute Gasteiger partial charge is 0.340 e. The van der Waals surface area contributed by atoms with E-state index in [1.54, 1.807) is 0 Å². The molecule has 0 aliphatic heterocycles. The van der Waals surface area contributed by atoms with Gasteiger partial charge >= 0.3 is 12.0 Å². The molecule has 0 aromatic heterocycles. The highest BCUT2D eigenvalue weighted by Gasteiger charge is 2.18. The van der Waals surface area contributed by atoms with E-state index in [1.807, 2.05) is 0 Å². The minimum absolute atomic E-state index is 0.0405. The Balaban J connectivity index is 3.32. The number of esters is 1. The quantitative estimate of drug-likeness (QED) is 0.748. The number of methoxy groups -OCH3 is 1. The Bertz CT molecular complexity index is 446. The first-order valence-corrected chi connectivity index (χ1v) is 4.41. The molecule has 0 fully saturated rings. The zero-order valence-electron chi connectivity index (χ0n) is 8.83. The molecule has 0 aliphatic rings. The second-order valence-electron chi connectivity index (χ2n) is 3.08. The fourth-order valence-electron chi connectivity index (χ4n) is 1.29. The summed E-state index contributed by atoms with van der Waals surface area (Å²) in [5.41, 5.74) is 5.11. The molecule has 16 heavy (non-hydrogen) atoms.